The molecule has 1 aromatic carbocycles. The van der Waals surface area contributed by atoms with Crippen molar-refractivity contribution in [2.24, 2.45) is 0 Å². The van der Waals surface area contributed by atoms with Gasteiger partial charge in [0.2, 0.25) is 0 Å². The molecule has 1 aromatic heterocycles. The van der Waals surface area contributed by atoms with Gasteiger partial charge in [0, 0.05) is 5.56 Å². The number of thiazole rings is 1. The normalized spacial score (nSPS) is 12.6. The first kappa shape index (κ1) is 15.7. The molecule has 0 amide bonds. The summed E-state index contributed by atoms with van der Waals surface area (Å²) in [4.78, 5) is 17.0. The molecule has 0 radical (unpaired) electrons. The lowest BCUT2D eigenvalue weighted by atomic mass is 10.2. The molecular formula is C16H20N2O2S. The third-order valence-electron chi connectivity index (χ3n) is 3.50. The van der Waals surface area contributed by atoms with Gasteiger partial charge in [-0.3, -0.25) is 0 Å². The smallest absolute Gasteiger partial charge is 0.148 e. The van der Waals surface area contributed by atoms with Crippen LogP contribution in [0.25, 0.3) is 0 Å². The number of carboxylic acids is 1. The SMILES string of the molecule is Cc1nc(C[NH+](Cc2ccccc2)C(C)C)sc1C(=O)[O-]. The van der Waals surface area contributed by atoms with Crippen molar-refractivity contribution in [2.75, 3.05) is 0 Å². The Hall–Kier alpha value is -1.72. The van der Waals surface area contributed by atoms with Crippen molar-refractivity contribution in [3.05, 3.63) is 51.5 Å². The molecule has 21 heavy (non-hydrogen) atoms. The van der Waals surface area contributed by atoms with E-state index in [1.54, 1.807) is 6.92 Å². The van der Waals surface area contributed by atoms with Gasteiger partial charge in [-0.25, -0.2) is 4.98 Å². The Morgan fingerprint density at radius 2 is 1.95 bits per heavy atom. The molecule has 0 saturated heterocycles. The summed E-state index contributed by atoms with van der Waals surface area (Å²) in [5.41, 5.74) is 1.83. The van der Waals surface area contributed by atoms with E-state index < -0.39 is 5.97 Å². The fraction of sp³-hybridized carbons (Fsp3) is 0.375. The Labute approximate surface area is 129 Å². The summed E-state index contributed by atoms with van der Waals surface area (Å²) in [6.07, 6.45) is 0. The van der Waals surface area contributed by atoms with Crippen molar-refractivity contribution in [1.82, 2.24) is 4.98 Å². The molecule has 0 spiro atoms. The van der Waals surface area contributed by atoms with Crippen molar-refractivity contribution in [3.8, 4) is 0 Å². The molecule has 1 atom stereocenters. The molecule has 1 N–H and O–H groups in total. The molecule has 2 aromatic rings. The van der Waals surface area contributed by atoms with Gasteiger partial charge in [0.1, 0.15) is 18.1 Å². The fourth-order valence-electron chi connectivity index (χ4n) is 2.24. The van der Waals surface area contributed by atoms with E-state index in [1.807, 2.05) is 18.2 Å². The highest BCUT2D eigenvalue weighted by Crippen LogP contribution is 2.16. The highest BCUT2D eigenvalue weighted by molar-refractivity contribution is 7.13. The molecule has 2 rings (SSSR count). The van der Waals surface area contributed by atoms with Gasteiger partial charge >= 0.3 is 0 Å². The number of nitrogens with one attached hydrogen (secondary N) is 1. The van der Waals surface area contributed by atoms with E-state index in [0.717, 1.165) is 18.1 Å². The summed E-state index contributed by atoms with van der Waals surface area (Å²) < 4.78 is 0. The Morgan fingerprint density at radius 3 is 2.48 bits per heavy atom. The van der Waals surface area contributed by atoms with E-state index in [0.29, 0.717) is 11.7 Å². The van der Waals surface area contributed by atoms with Gasteiger partial charge in [-0.2, -0.15) is 0 Å². The largest absolute Gasteiger partial charge is 0.544 e. The van der Waals surface area contributed by atoms with E-state index in [9.17, 15) is 9.90 Å². The van der Waals surface area contributed by atoms with Crippen LogP contribution in [0.2, 0.25) is 0 Å². The van der Waals surface area contributed by atoms with Crippen LogP contribution in [0.5, 0.6) is 0 Å². The number of benzene rings is 1. The summed E-state index contributed by atoms with van der Waals surface area (Å²) in [5, 5.41) is 11.9. The predicted molar refractivity (Wildman–Crippen MR) is 81.1 cm³/mol. The first-order chi connectivity index (χ1) is 9.97. The molecule has 1 heterocycles. The van der Waals surface area contributed by atoms with Crippen LogP contribution in [-0.2, 0) is 13.1 Å². The molecule has 112 valence electrons. The first-order valence-corrected chi connectivity index (χ1v) is 7.85. The average molecular weight is 304 g/mol. The number of carboxylic acid groups (broad SMARTS) is 1. The zero-order valence-electron chi connectivity index (χ0n) is 12.6. The van der Waals surface area contributed by atoms with Crippen LogP contribution < -0.4 is 10.0 Å². The zero-order chi connectivity index (χ0) is 15.4. The summed E-state index contributed by atoms with van der Waals surface area (Å²) in [5.74, 6) is -1.13. The molecule has 0 aliphatic heterocycles. The third-order valence-corrected chi connectivity index (χ3v) is 4.63. The average Bonchev–Trinajstić information content (AvgIpc) is 2.80. The van der Waals surface area contributed by atoms with Crippen molar-refractivity contribution in [2.45, 2.75) is 39.9 Å². The number of aryl methyl sites for hydroxylation is 1. The lowest BCUT2D eigenvalue weighted by Crippen LogP contribution is -3.12. The lowest BCUT2D eigenvalue weighted by Gasteiger charge is -2.22. The Kier molecular flexibility index (Phi) is 5.09. The van der Waals surface area contributed by atoms with Gasteiger partial charge in [0.05, 0.1) is 22.6 Å². The van der Waals surface area contributed by atoms with Gasteiger partial charge < -0.3 is 14.8 Å². The lowest BCUT2D eigenvalue weighted by molar-refractivity contribution is -0.948. The molecule has 0 fully saturated rings. The van der Waals surface area contributed by atoms with Gasteiger partial charge in [-0.15, -0.1) is 11.3 Å². The van der Waals surface area contributed by atoms with Crippen LogP contribution >= 0.6 is 11.3 Å². The minimum Gasteiger partial charge on any atom is -0.544 e. The van der Waals surface area contributed by atoms with Gasteiger partial charge in [0.15, 0.2) is 0 Å². The number of aromatic carboxylic acids is 1. The molecule has 0 bridgehead atoms. The number of carbonyl (C=O) groups is 1. The van der Waals surface area contributed by atoms with E-state index in [-0.39, 0.29) is 4.88 Å². The molecule has 0 aliphatic carbocycles. The number of nitrogens with zero attached hydrogens (tertiary/aromatic N) is 1. The zero-order valence-corrected chi connectivity index (χ0v) is 13.4. The van der Waals surface area contributed by atoms with Crippen LogP contribution in [0.3, 0.4) is 0 Å². The summed E-state index contributed by atoms with van der Waals surface area (Å²) in [7, 11) is 0. The van der Waals surface area contributed by atoms with Crippen LogP contribution in [0.1, 0.15) is 39.8 Å². The molecule has 1 unspecified atom stereocenters. The van der Waals surface area contributed by atoms with Crippen molar-refractivity contribution in [1.29, 1.82) is 0 Å². The van der Waals surface area contributed by atoms with E-state index >= 15 is 0 Å². The number of hydrogen-bond acceptors (Lipinski definition) is 4. The van der Waals surface area contributed by atoms with Gasteiger partial charge in [0.25, 0.3) is 0 Å². The molecular weight excluding hydrogens is 284 g/mol. The number of aromatic nitrogens is 1. The minimum atomic E-state index is -1.13. The molecule has 4 nitrogen and oxygen atoms in total. The number of quaternary nitrogens is 1. The summed E-state index contributed by atoms with van der Waals surface area (Å²) in [6.45, 7) is 7.68. The van der Waals surface area contributed by atoms with Crippen LogP contribution in [0, 0.1) is 6.92 Å². The third kappa shape index (κ3) is 4.12. The minimum absolute atomic E-state index is 0.243. The maximum absolute atomic E-state index is 11.0. The predicted octanol–water partition coefficient (Wildman–Crippen LogP) is 0.809. The maximum atomic E-state index is 11.0. The Balaban J connectivity index is 2.13. The number of rotatable bonds is 6. The van der Waals surface area contributed by atoms with E-state index in [2.05, 4.69) is 31.0 Å². The van der Waals surface area contributed by atoms with Crippen molar-refractivity contribution in [3.63, 3.8) is 0 Å². The number of hydrogen-bond donors (Lipinski definition) is 1. The second-order valence-corrected chi connectivity index (χ2v) is 6.55. The van der Waals surface area contributed by atoms with Crippen LogP contribution in [0.15, 0.2) is 30.3 Å². The van der Waals surface area contributed by atoms with Gasteiger partial charge in [-0.1, -0.05) is 30.3 Å². The first-order valence-electron chi connectivity index (χ1n) is 7.03. The Morgan fingerprint density at radius 1 is 1.29 bits per heavy atom. The van der Waals surface area contributed by atoms with E-state index in [4.69, 9.17) is 0 Å². The fourth-order valence-corrected chi connectivity index (χ4v) is 3.19. The van der Waals surface area contributed by atoms with Crippen molar-refractivity contribution >= 4 is 17.3 Å². The second kappa shape index (κ2) is 6.83. The standard InChI is InChI=1S/C16H20N2O2S/c1-11(2)18(9-13-7-5-4-6-8-13)10-14-17-12(3)15(21-14)16(19)20/h4-8,11H,9-10H2,1-3H3,(H,19,20). The van der Waals surface area contributed by atoms with Gasteiger partial charge in [-0.05, 0) is 20.8 Å². The van der Waals surface area contributed by atoms with Crippen LogP contribution in [0.4, 0.5) is 0 Å². The van der Waals surface area contributed by atoms with Crippen LogP contribution in [-0.4, -0.2) is 17.0 Å². The summed E-state index contributed by atoms with van der Waals surface area (Å²) >= 11 is 1.23. The number of carbonyl (C=O) groups excluding carboxylic acids is 1. The highest BCUT2D eigenvalue weighted by atomic mass is 32.1. The molecule has 0 aliphatic rings. The summed E-state index contributed by atoms with van der Waals surface area (Å²) in [6, 6.07) is 10.7. The monoisotopic (exact) mass is 304 g/mol. The molecule has 0 saturated carbocycles. The second-order valence-electron chi connectivity index (χ2n) is 5.46. The van der Waals surface area contributed by atoms with Crippen molar-refractivity contribution < 1.29 is 14.8 Å². The Bertz CT molecular complexity index is 608. The maximum Gasteiger partial charge on any atom is 0.148 e. The van der Waals surface area contributed by atoms with E-state index in [1.165, 1.54) is 21.8 Å². The quantitative estimate of drug-likeness (QED) is 0.859. The molecule has 5 heteroatoms. The highest BCUT2D eigenvalue weighted by Gasteiger charge is 2.18. The topological polar surface area (TPSA) is 57.5 Å².